The van der Waals surface area contributed by atoms with E-state index in [9.17, 15) is 9.18 Å². The Morgan fingerprint density at radius 1 is 1.14 bits per heavy atom. The lowest BCUT2D eigenvalue weighted by Gasteiger charge is -2.16. The van der Waals surface area contributed by atoms with Crippen molar-refractivity contribution in [1.82, 2.24) is 0 Å². The van der Waals surface area contributed by atoms with Crippen molar-refractivity contribution < 1.29 is 9.18 Å². The summed E-state index contributed by atoms with van der Waals surface area (Å²) >= 11 is 0. The van der Waals surface area contributed by atoms with E-state index in [1.807, 2.05) is 24.3 Å². The van der Waals surface area contributed by atoms with Crippen molar-refractivity contribution in [2.45, 2.75) is 26.2 Å². The van der Waals surface area contributed by atoms with Crippen LogP contribution in [0.3, 0.4) is 0 Å². The van der Waals surface area contributed by atoms with E-state index in [4.69, 9.17) is 0 Å². The first-order chi connectivity index (χ1) is 10.6. The van der Waals surface area contributed by atoms with Gasteiger partial charge in [0.15, 0.2) is 0 Å². The summed E-state index contributed by atoms with van der Waals surface area (Å²) in [5.74, 6) is -0.0286. The number of nitrogens with one attached hydrogen (secondary N) is 2. The second-order valence-corrected chi connectivity index (χ2v) is 5.31. The second kappa shape index (κ2) is 7.59. The Bertz CT molecular complexity index is 625. The van der Waals surface area contributed by atoms with Gasteiger partial charge in [-0.2, -0.15) is 0 Å². The first-order valence-corrected chi connectivity index (χ1v) is 7.48. The number of benzene rings is 2. The van der Waals surface area contributed by atoms with E-state index in [1.165, 1.54) is 12.1 Å². The monoisotopic (exact) mass is 300 g/mol. The van der Waals surface area contributed by atoms with Crippen LogP contribution >= 0.6 is 0 Å². The van der Waals surface area contributed by atoms with Gasteiger partial charge in [-0.15, -0.1) is 0 Å². The first kappa shape index (κ1) is 16.0. The van der Waals surface area contributed by atoms with Crippen molar-refractivity contribution >= 4 is 17.3 Å². The van der Waals surface area contributed by atoms with E-state index in [0.29, 0.717) is 11.6 Å². The van der Waals surface area contributed by atoms with Crippen LogP contribution in [0.5, 0.6) is 0 Å². The molecule has 0 bridgehead atoms. The number of amides is 1. The molecule has 0 saturated carbocycles. The van der Waals surface area contributed by atoms with Gasteiger partial charge < -0.3 is 10.6 Å². The molecule has 0 aliphatic carbocycles. The zero-order valence-corrected chi connectivity index (χ0v) is 12.9. The highest BCUT2D eigenvalue weighted by molar-refractivity contribution is 5.94. The van der Waals surface area contributed by atoms with Crippen molar-refractivity contribution in [3.8, 4) is 0 Å². The van der Waals surface area contributed by atoms with E-state index >= 15 is 0 Å². The van der Waals surface area contributed by atoms with Gasteiger partial charge in [0.05, 0.1) is 6.54 Å². The number of hydrogen-bond acceptors (Lipinski definition) is 2. The first-order valence-electron chi connectivity index (χ1n) is 7.48. The largest absolute Gasteiger partial charge is 0.376 e. The fraction of sp³-hybridized carbons (Fsp3) is 0.278. The van der Waals surface area contributed by atoms with Gasteiger partial charge in [0.25, 0.3) is 0 Å². The fourth-order valence-corrected chi connectivity index (χ4v) is 2.20. The Morgan fingerprint density at radius 2 is 1.82 bits per heavy atom. The lowest BCUT2D eigenvalue weighted by atomic mass is 9.97. The topological polar surface area (TPSA) is 41.1 Å². The van der Waals surface area contributed by atoms with Crippen LogP contribution in [-0.2, 0) is 4.79 Å². The predicted octanol–water partition coefficient (Wildman–Crippen LogP) is 4.39. The van der Waals surface area contributed by atoms with Crippen LogP contribution in [0.2, 0.25) is 0 Å². The van der Waals surface area contributed by atoms with Crippen LogP contribution in [0.15, 0.2) is 48.5 Å². The zero-order chi connectivity index (χ0) is 15.9. The van der Waals surface area contributed by atoms with E-state index in [0.717, 1.165) is 17.7 Å². The Balaban J connectivity index is 1.96. The molecule has 116 valence electrons. The van der Waals surface area contributed by atoms with Crippen LogP contribution in [-0.4, -0.2) is 12.5 Å². The van der Waals surface area contributed by atoms with Gasteiger partial charge in [-0.25, -0.2) is 4.39 Å². The lowest BCUT2D eigenvalue weighted by Crippen LogP contribution is -2.22. The number of para-hydroxylation sites is 1. The molecule has 0 aliphatic heterocycles. The quantitative estimate of drug-likeness (QED) is 0.830. The van der Waals surface area contributed by atoms with E-state index in [-0.39, 0.29) is 18.3 Å². The highest BCUT2D eigenvalue weighted by Crippen LogP contribution is 2.26. The number of rotatable bonds is 6. The molecule has 0 heterocycles. The zero-order valence-electron chi connectivity index (χ0n) is 12.9. The molecule has 0 fully saturated rings. The summed E-state index contributed by atoms with van der Waals surface area (Å²) in [6.07, 6.45) is 1.01. The van der Waals surface area contributed by atoms with Crippen molar-refractivity contribution in [3.05, 3.63) is 59.9 Å². The van der Waals surface area contributed by atoms with Gasteiger partial charge in [-0.3, -0.25) is 4.79 Å². The molecule has 2 N–H and O–H groups in total. The van der Waals surface area contributed by atoms with Crippen LogP contribution in [0.25, 0.3) is 0 Å². The minimum absolute atomic E-state index is 0.125. The standard InChI is InChI=1S/C18H21FN2O/c1-3-13(2)16-6-4-5-7-17(16)21-18(22)12-20-15-10-8-14(19)9-11-15/h4-11,13,20H,3,12H2,1-2H3,(H,21,22). The highest BCUT2D eigenvalue weighted by atomic mass is 19.1. The van der Waals surface area contributed by atoms with Crippen LogP contribution in [0.1, 0.15) is 31.7 Å². The van der Waals surface area contributed by atoms with E-state index in [2.05, 4.69) is 24.5 Å². The summed E-state index contributed by atoms with van der Waals surface area (Å²) in [6.45, 7) is 4.40. The minimum atomic E-state index is -0.294. The molecule has 0 saturated heterocycles. The number of halogens is 1. The number of hydrogen-bond donors (Lipinski definition) is 2. The molecule has 0 spiro atoms. The van der Waals surface area contributed by atoms with Crippen LogP contribution < -0.4 is 10.6 Å². The molecular formula is C18H21FN2O. The Kier molecular flexibility index (Phi) is 5.53. The van der Waals surface area contributed by atoms with E-state index in [1.54, 1.807) is 12.1 Å². The average Bonchev–Trinajstić information content (AvgIpc) is 2.54. The molecule has 22 heavy (non-hydrogen) atoms. The molecule has 0 aromatic heterocycles. The van der Waals surface area contributed by atoms with Gasteiger partial charge in [-0.05, 0) is 48.2 Å². The molecule has 1 atom stereocenters. The highest BCUT2D eigenvalue weighted by Gasteiger charge is 2.10. The Morgan fingerprint density at radius 3 is 2.50 bits per heavy atom. The molecule has 0 aliphatic rings. The Labute approximate surface area is 130 Å². The summed E-state index contributed by atoms with van der Waals surface area (Å²) in [5.41, 5.74) is 2.70. The van der Waals surface area contributed by atoms with Gasteiger partial charge in [0.1, 0.15) is 5.82 Å². The molecule has 0 radical (unpaired) electrons. The maximum atomic E-state index is 12.8. The number of anilines is 2. The molecule has 2 rings (SSSR count). The summed E-state index contributed by atoms with van der Waals surface area (Å²) < 4.78 is 12.8. The smallest absolute Gasteiger partial charge is 0.243 e. The molecule has 4 heteroatoms. The van der Waals surface area contributed by atoms with Gasteiger partial charge in [0.2, 0.25) is 5.91 Å². The maximum absolute atomic E-state index is 12.8. The SMILES string of the molecule is CCC(C)c1ccccc1NC(=O)CNc1ccc(F)cc1. The Hall–Kier alpha value is -2.36. The fourth-order valence-electron chi connectivity index (χ4n) is 2.20. The second-order valence-electron chi connectivity index (χ2n) is 5.31. The summed E-state index contributed by atoms with van der Waals surface area (Å²) in [7, 11) is 0. The third-order valence-corrected chi connectivity index (χ3v) is 3.68. The van der Waals surface area contributed by atoms with Crippen molar-refractivity contribution in [2.75, 3.05) is 17.2 Å². The van der Waals surface area contributed by atoms with Gasteiger partial charge in [0, 0.05) is 11.4 Å². The van der Waals surface area contributed by atoms with Crippen molar-refractivity contribution in [1.29, 1.82) is 0 Å². The molecule has 2 aromatic carbocycles. The predicted molar refractivity (Wildman–Crippen MR) is 88.7 cm³/mol. The molecule has 1 unspecified atom stereocenters. The number of carbonyl (C=O) groups is 1. The van der Waals surface area contributed by atoms with Crippen LogP contribution in [0.4, 0.5) is 15.8 Å². The van der Waals surface area contributed by atoms with Crippen LogP contribution in [0, 0.1) is 5.82 Å². The number of carbonyl (C=O) groups excluding carboxylic acids is 1. The molecule has 1 amide bonds. The van der Waals surface area contributed by atoms with Crippen molar-refractivity contribution in [2.24, 2.45) is 0 Å². The third-order valence-electron chi connectivity index (χ3n) is 3.68. The van der Waals surface area contributed by atoms with E-state index < -0.39 is 0 Å². The maximum Gasteiger partial charge on any atom is 0.243 e. The summed E-state index contributed by atoms with van der Waals surface area (Å²) in [4.78, 5) is 12.1. The molecule has 3 nitrogen and oxygen atoms in total. The lowest BCUT2D eigenvalue weighted by molar-refractivity contribution is -0.114. The van der Waals surface area contributed by atoms with Crippen molar-refractivity contribution in [3.63, 3.8) is 0 Å². The summed E-state index contributed by atoms with van der Waals surface area (Å²) in [6, 6.07) is 13.8. The third kappa shape index (κ3) is 4.32. The van der Waals surface area contributed by atoms with Gasteiger partial charge >= 0.3 is 0 Å². The average molecular weight is 300 g/mol. The molecule has 2 aromatic rings. The normalized spacial score (nSPS) is 11.8. The minimum Gasteiger partial charge on any atom is -0.376 e. The molecular weight excluding hydrogens is 279 g/mol. The van der Waals surface area contributed by atoms with Gasteiger partial charge in [-0.1, -0.05) is 32.0 Å². The summed E-state index contributed by atoms with van der Waals surface area (Å²) in [5, 5.41) is 5.91.